The number of rotatable bonds is 7. The van der Waals surface area contributed by atoms with Gasteiger partial charge >= 0.3 is 0 Å². The van der Waals surface area contributed by atoms with Crippen molar-refractivity contribution >= 4 is 46.5 Å². The molecule has 10 heteroatoms. The summed E-state index contributed by atoms with van der Waals surface area (Å²) in [6, 6.07) is 0.190. The molecule has 3 rings (SSSR count). The zero-order valence-electron chi connectivity index (χ0n) is 17.2. The number of likely N-dealkylation sites (tertiary alicyclic amines) is 1. The Kier molecular flexibility index (Phi) is 6.94. The molecule has 0 bridgehead atoms. The smallest absolute Gasteiger partial charge is 0.246 e. The van der Waals surface area contributed by atoms with Crippen LogP contribution in [0.5, 0.6) is 0 Å². The Bertz CT molecular complexity index is 983. The number of aliphatic imine (C=N–C) groups is 1. The van der Waals surface area contributed by atoms with Crippen LogP contribution in [0.3, 0.4) is 0 Å². The highest BCUT2D eigenvalue weighted by atomic mass is 35.5. The fraction of sp³-hybridized carbons (Fsp3) is 0.400. The quantitative estimate of drug-likeness (QED) is 0.395. The van der Waals surface area contributed by atoms with Crippen molar-refractivity contribution in [1.29, 1.82) is 0 Å². The van der Waals surface area contributed by atoms with Crippen LogP contribution in [0.15, 0.2) is 35.7 Å². The zero-order chi connectivity index (χ0) is 21.7. The summed E-state index contributed by atoms with van der Waals surface area (Å²) in [6.45, 7) is 8.77. The molecule has 1 aliphatic rings. The molecule has 5 N–H and O–H groups in total. The van der Waals surface area contributed by atoms with Gasteiger partial charge in [0.15, 0.2) is 0 Å². The van der Waals surface area contributed by atoms with Gasteiger partial charge in [-0.25, -0.2) is 0 Å². The monoisotopic (exact) mass is 430 g/mol. The van der Waals surface area contributed by atoms with Gasteiger partial charge in [-0.2, -0.15) is 9.97 Å². The highest BCUT2D eigenvalue weighted by Gasteiger charge is 2.28. The maximum Gasteiger partial charge on any atom is 0.246 e. The number of piperidine rings is 1. The van der Waals surface area contributed by atoms with Gasteiger partial charge in [-0.05, 0) is 32.8 Å². The van der Waals surface area contributed by atoms with E-state index in [2.05, 4.69) is 37.2 Å². The molecule has 160 valence electrons. The number of hydrogen-bond donors (Lipinski definition) is 4. The van der Waals surface area contributed by atoms with Crippen molar-refractivity contribution < 1.29 is 4.79 Å². The van der Waals surface area contributed by atoms with Gasteiger partial charge < -0.3 is 26.3 Å². The van der Waals surface area contributed by atoms with Crippen LogP contribution in [0.25, 0.3) is 11.0 Å². The molecule has 9 nitrogen and oxygen atoms in total. The first-order valence-electron chi connectivity index (χ1n) is 9.89. The van der Waals surface area contributed by atoms with Crippen molar-refractivity contribution in [2.45, 2.75) is 38.8 Å². The zero-order valence-corrected chi connectivity index (χ0v) is 17.9. The Morgan fingerprint density at radius 1 is 1.50 bits per heavy atom. The van der Waals surface area contributed by atoms with E-state index in [0.29, 0.717) is 46.6 Å². The van der Waals surface area contributed by atoms with Gasteiger partial charge in [0.2, 0.25) is 11.9 Å². The lowest BCUT2D eigenvalue weighted by molar-refractivity contribution is -0.129. The normalized spacial score (nSPS) is 20.0. The number of allylic oxidation sites excluding steroid dienone is 1. The maximum absolute atomic E-state index is 12.2. The number of nitrogens with zero attached hydrogens (tertiary/aromatic N) is 4. The Labute approximate surface area is 180 Å². The summed E-state index contributed by atoms with van der Waals surface area (Å²) in [5, 5.41) is 7.73. The number of nitrogens with two attached hydrogens (primary N) is 1. The standard InChI is InChI=1S/C20H27ClN8O/c1-4-16(30)29-11-13(7-6-12(29)3)25-19-17-15(21)10-24-18(17)27-20(28-19)26-14(8-22)9-23-5-2/h4,8-10,12-13H,1,5-7,11,22H2,2-3H3,(H3,24,25,26,27,28)/t12-,13+/m0/s1. The van der Waals surface area contributed by atoms with E-state index in [1.54, 1.807) is 12.4 Å². The predicted molar refractivity (Wildman–Crippen MR) is 122 cm³/mol. The Balaban J connectivity index is 1.89. The van der Waals surface area contributed by atoms with E-state index < -0.39 is 0 Å². The minimum Gasteiger partial charge on any atom is -0.403 e. The molecule has 30 heavy (non-hydrogen) atoms. The van der Waals surface area contributed by atoms with Gasteiger partial charge in [0, 0.05) is 43.8 Å². The van der Waals surface area contributed by atoms with Crippen LogP contribution >= 0.6 is 11.6 Å². The molecule has 3 heterocycles. The summed E-state index contributed by atoms with van der Waals surface area (Å²) in [7, 11) is 0. The molecule has 0 unspecified atom stereocenters. The summed E-state index contributed by atoms with van der Waals surface area (Å²) in [4.78, 5) is 30.3. The van der Waals surface area contributed by atoms with Crippen LogP contribution in [-0.2, 0) is 4.79 Å². The van der Waals surface area contributed by atoms with Crippen LogP contribution in [0.4, 0.5) is 11.8 Å². The number of anilines is 2. The third-order valence-corrected chi connectivity index (χ3v) is 5.31. The van der Waals surface area contributed by atoms with E-state index >= 15 is 0 Å². The molecule has 1 fully saturated rings. The number of halogens is 1. The first-order valence-corrected chi connectivity index (χ1v) is 10.3. The van der Waals surface area contributed by atoms with Crippen molar-refractivity contribution in [2.24, 2.45) is 10.7 Å². The molecule has 0 spiro atoms. The van der Waals surface area contributed by atoms with Crippen molar-refractivity contribution in [3.63, 3.8) is 0 Å². The predicted octanol–water partition coefficient (Wildman–Crippen LogP) is 2.89. The summed E-state index contributed by atoms with van der Waals surface area (Å²) in [5.41, 5.74) is 6.84. The summed E-state index contributed by atoms with van der Waals surface area (Å²) in [6.07, 6.45) is 7.84. The lowest BCUT2D eigenvalue weighted by atomic mass is 9.99. The highest BCUT2D eigenvalue weighted by molar-refractivity contribution is 6.36. The highest BCUT2D eigenvalue weighted by Crippen LogP contribution is 2.31. The van der Waals surface area contributed by atoms with Gasteiger partial charge in [-0.15, -0.1) is 0 Å². The molecule has 1 saturated heterocycles. The lowest BCUT2D eigenvalue weighted by Crippen LogP contribution is -2.49. The van der Waals surface area contributed by atoms with E-state index in [-0.39, 0.29) is 18.0 Å². The van der Waals surface area contributed by atoms with Gasteiger partial charge in [-0.3, -0.25) is 9.79 Å². The van der Waals surface area contributed by atoms with Gasteiger partial charge in [0.25, 0.3) is 0 Å². The number of H-pyrrole nitrogens is 1. The fourth-order valence-corrected chi connectivity index (χ4v) is 3.67. The SMILES string of the molecule is C=CC(=O)N1C[C@H](Nc2nc(NC(C=NCC)=CN)nc3[nH]cc(Cl)c23)CC[C@@H]1C. The number of hydrogen-bond acceptors (Lipinski definition) is 7. The summed E-state index contributed by atoms with van der Waals surface area (Å²) in [5.74, 6) is 0.867. The molecular formula is C20H27ClN8O. The summed E-state index contributed by atoms with van der Waals surface area (Å²) < 4.78 is 0. The average Bonchev–Trinajstić information content (AvgIpc) is 3.12. The summed E-state index contributed by atoms with van der Waals surface area (Å²) >= 11 is 6.37. The van der Waals surface area contributed by atoms with E-state index in [9.17, 15) is 4.79 Å². The third-order valence-electron chi connectivity index (χ3n) is 5.01. The minimum atomic E-state index is -0.0724. The second-order valence-corrected chi connectivity index (χ2v) is 7.50. The molecular weight excluding hydrogens is 404 g/mol. The largest absolute Gasteiger partial charge is 0.403 e. The number of aromatic amines is 1. The molecule has 0 saturated carbocycles. The van der Waals surface area contributed by atoms with Gasteiger partial charge in [-0.1, -0.05) is 18.2 Å². The van der Waals surface area contributed by atoms with Crippen LogP contribution in [-0.4, -0.2) is 57.1 Å². The van der Waals surface area contributed by atoms with E-state index in [4.69, 9.17) is 17.3 Å². The average molecular weight is 431 g/mol. The van der Waals surface area contributed by atoms with Crippen LogP contribution < -0.4 is 16.4 Å². The fourth-order valence-electron chi connectivity index (χ4n) is 3.43. The molecule has 1 aliphatic heterocycles. The van der Waals surface area contributed by atoms with Gasteiger partial charge in [0.05, 0.1) is 16.1 Å². The lowest BCUT2D eigenvalue weighted by Gasteiger charge is -2.38. The van der Waals surface area contributed by atoms with Crippen molar-refractivity contribution in [1.82, 2.24) is 19.9 Å². The molecule has 0 radical (unpaired) electrons. The molecule has 2 atom stereocenters. The number of carbonyl (C=O) groups excluding carboxylic acids is 1. The van der Waals surface area contributed by atoms with Crippen LogP contribution in [0.1, 0.15) is 26.7 Å². The van der Waals surface area contributed by atoms with E-state index in [1.165, 1.54) is 12.3 Å². The van der Waals surface area contributed by atoms with Crippen LogP contribution in [0, 0.1) is 0 Å². The molecule has 2 aromatic heterocycles. The number of nitrogens with one attached hydrogen (secondary N) is 3. The van der Waals surface area contributed by atoms with E-state index in [0.717, 1.165) is 12.8 Å². The molecule has 1 amide bonds. The molecule has 0 aromatic carbocycles. The third kappa shape index (κ3) is 4.73. The number of amides is 1. The number of carbonyl (C=O) groups is 1. The second kappa shape index (κ2) is 9.62. The Morgan fingerprint density at radius 2 is 2.30 bits per heavy atom. The topological polar surface area (TPSA) is 124 Å². The number of fused-ring (bicyclic) bond motifs is 1. The van der Waals surface area contributed by atoms with Crippen LogP contribution in [0.2, 0.25) is 5.02 Å². The Morgan fingerprint density at radius 3 is 3.00 bits per heavy atom. The van der Waals surface area contributed by atoms with Crippen molar-refractivity contribution in [3.05, 3.63) is 35.8 Å². The van der Waals surface area contributed by atoms with Crippen molar-refractivity contribution in [2.75, 3.05) is 23.7 Å². The maximum atomic E-state index is 12.2. The van der Waals surface area contributed by atoms with Crippen molar-refractivity contribution in [3.8, 4) is 0 Å². The number of aromatic nitrogens is 3. The van der Waals surface area contributed by atoms with Gasteiger partial charge in [0.1, 0.15) is 11.5 Å². The molecule has 0 aliphatic carbocycles. The second-order valence-electron chi connectivity index (χ2n) is 7.09. The molecule has 2 aromatic rings. The minimum absolute atomic E-state index is 0.0215. The first kappa shape index (κ1) is 21.6. The van der Waals surface area contributed by atoms with E-state index in [1.807, 2.05) is 18.7 Å². The first-order chi connectivity index (χ1) is 14.5. The Hall–Kier alpha value is -3.07.